The molecule has 11 heavy (non-hydrogen) atoms. The summed E-state index contributed by atoms with van der Waals surface area (Å²) in [6.45, 7) is 3.92. The minimum Gasteiger partial charge on any atom is -0.459 e. The number of aliphatic hydroxyl groups is 1. The van der Waals surface area contributed by atoms with Crippen molar-refractivity contribution < 1.29 is 19.4 Å². The quantitative estimate of drug-likeness (QED) is 0.339. The highest BCUT2D eigenvalue weighted by molar-refractivity contribution is 5.75. The summed E-state index contributed by atoms with van der Waals surface area (Å²) in [6, 6.07) is 0. The fourth-order valence-corrected chi connectivity index (χ4v) is 0.616. The Balaban J connectivity index is 2.21. The highest BCUT2D eigenvalue weighted by Gasteiger charge is 2.37. The van der Waals surface area contributed by atoms with Gasteiger partial charge in [0.2, 0.25) is 0 Å². The van der Waals surface area contributed by atoms with Crippen molar-refractivity contribution in [2.75, 3.05) is 13.2 Å². The van der Waals surface area contributed by atoms with Crippen LogP contribution in [0.5, 0.6) is 0 Å². The molecular formula is C7H10O4. The van der Waals surface area contributed by atoms with Crippen molar-refractivity contribution in [3.8, 4) is 0 Å². The minimum atomic E-state index is -1.13. The lowest BCUT2D eigenvalue weighted by Crippen LogP contribution is -2.28. The average Bonchev–Trinajstić information content (AvgIpc) is 2.81. The first-order valence-corrected chi connectivity index (χ1v) is 3.33. The molecule has 1 saturated heterocycles. The van der Waals surface area contributed by atoms with Crippen LogP contribution in [0, 0.1) is 0 Å². The molecule has 2 atom stereocenters. The molecule has 1 N–H and O–H groups in total. The molecule has 0 saturated carbocycles. The molecule has 1 fully saturated rings. The Bertz CT molecular complexity index is 162. The molecule has 0 aromatic rings. The van der Waals surface area contributed by atoms with Crippen LogP contribution in [-0.2, 0) is 14.3 Å². The van der Waals surface area contributed by atoms with Gasteiger partial charge in [0.1, 0.15) is 12.7 Å². The van der Waals surface area contributed by atoms with Gasteiger partial charge in [-0.25, -0.2) is 4.79 Å². The van der Waals surface area contributed by atoms with E-state index in [9.17, 15) is 4.79 Å². The standard InChI is InChI=1S/C7H10O4/c1-2-3-10-7(9)6(8)5-4-11-5/h2,5-6,8H,1,3-4H2/t5-,6+/m1/s1. The highest BCUT2D eigenvalue weighted by Crippen LogP contribution is 2.14. The number of carbonyl (C=O) groups is 1. The molecule has 4 nitrogen and oxygen atoms in total. The summed E-state index contributed by atoms with van der Waals surface area (Å²) in [4.78, 5) is 10.8. The first-order valence-electron chi connectivity index (χ1n) is 3.33. The third-order valence-corrected chi connectivity index (χ3v) is 1.30. The molecule has 0 aliphatic carbocycles. The molecule has 62 valence electrons. The molecule has 0 unspecified atom stereocenters. The summed E-state index contributed by atoms with van der Waals surface area (Å²) in [7, 11) is 0. The van der Waals surface area contributed by atoms with Crippen LogP contribution >= 0.6 is 0 Å². The van der Waals surface area contributed by atoms with Crippen molar-refractivity contribution in [1.29, 1.82) is 0 Å². The van der Waals surface area contributed by atoms with Gasteiger partial charge in [-0.3, -0.25) is 0 Å². The van der Waals surface area contributed by atoms with Crippen LogP contribution in [0.1, 0.15) is 0 Å². The molecule has 0 aromatic carbocycles. The van der Waals surface area contributed by atoms with Crippen LogP contribution in [0.4, 0.5) is 0 Å². The van der Waals surface area contributed by atoms with E-state index in [1.165, 1.54) is 6.08 Å². The Morgan fingerprint density at radius 3 is 3.09 bits per heavy atom. The maximum atomic E-state index is 10.8. The van der Waals surface area contributed by atoms with E-state index in [0.717, 1.165) is 0 Å². The summed E-state index contributed by atoms with van der Waals surface area (Å²) in [5.41, 5.74) is 0. The largest absolute Gasteiger partial charge is 0.459 e. The van der Waals surface area contributed by atoms with Crippen LogP contribution in [0.25, 0.3) is 0 Å². The van der Waals surface area contributed by atoms with Gasteiger partial charge in [0.15, 0.2) is 6.10 Å². The molecule has 1 aliphatic rings. The molecule has 4 heteroatoms. The van der Waals surface area contributed by atoms with Gasteiger partial charge in [0, 0.05) is 0 Å². The van der Waals surface area contributed by atoms with E-state index in [4.69, 9.17) is 9.84 Å². The Morgan fingerprint density at radius 1 is 2.00 bits per heavy atom. The summed E-state index contributed by atoms with van der Waals surface area (Å²) >= 11 is 0. The normalized spacial score (nSPS) is 23.9. The zero-order chi connectivity index (χ0) is 8.27. The molecule has 0 aromatic heterocycles. The van der Waals surface area contributed by atoms with Gasteiger partial charge < -0.3 is 14.6 Å². The minimum absolute atomic E-state index is 0.128. The van der Waals surface area contributed by atoms with Gasteiger partial charge >= 0.3 is 5.97 Å². The Kier molecular flexibility index (Phi) is 2.62. The van der Waals surface area contributed by atoms with Crippen LogP contribution in [-0.4, -0.2) is 36.5 Å². The van der Waals surface area contributed by atoms with Crippen molar-refractivity contribution >= 4 is 5.97 Å². The maximum Gasteiger partial charge on any atom is 0.338 e. The smallest absolute Gasteiger partial charge is 0.338 e. The van der Waals surface area contributed by atoms with Gasteiger partial charge in [-0.15, -0.1) is 0 Å². The Hall–Kier alpha value is -0.870. The van der Waals surface area contributed by atoms with E-state index in [1.54, 1.807) is 0 Å². The number of carbonyl (C=O) groups excluding carboxylic acids is 1. The highest BCUT2D eigenvalue weighted by atomic mass is 16.6. The van der Waals surface area contributed by atoms with Crippen molar-refractivity contribution in [2.24, 2.45) is 0 Å². The van der Waals surface area contributed by atoms with Crippen LogP contribution in [0.15, 0.2) is 12.7 Å². The van der Waals surface area contributed by atoms with Gasteiger partial charge in [-0.05, 0) is 0 Å². The second kappa shape index (κ2) is 3.50. The predicted octanol–water partition coefficient (Wildman–Crippen LogP) is -0.525. The molecule has 0 amide bonds. The first-order chi connectivity index (χ1) is 5.25. The molecule has 1 rings (SSSR count). The van der Waals surface area contributed by atoms with Gasteiger partial charge in [-0.1, -0.05) is 12.7 Å². The molecule has 0 bridgehead atoms. The van der Waals surface area contributed by atoms with Crippen LogP contribution in [0.2, 0.25) is 0 Å². The SMILES string of the molecule is C=CCOC(=O)[C@@H](O)[C@H]1CO1. The number of aliphatic hydroxyl groups excluding tert-OH is 1. The van der Waals surface area contributed by atoms with E-state index >= 15 is 0 Å². The van der Waals surface area contributed by atoms with Gasteiger partial charge in [-0.2, -0.15) is 0 Å². The lowest BCUT2D eigenvalue weighted by molar-refractivity contribution is -0.153. The lowest BCUT2D eigenvalue weighted by Gasteiger charge is -2.05. The fourth-order valence-electron chi connectivity index (χ4n) is 0.616. The van der Waals surface area contributed by atoms with Crippen molar-refractivity contribution in [3.63, 3.8) is 0 Å². The number of epoxide rings is 1. The average molecular weight is 158 g/mol. The topological polar surface area (TPSA) is 59.1 Å². The number of esters is 1. The Labute approximate surface area is 64.4 Å². The van der Waals surface area contributed by atoms with Crippen molar-refractivity contribution in [1.82, 2.24) is 0 Å². The van der Waals surface area contributed by atoms with E-state index < -0.39 is 12.1 Å². The van der Waals surface area contributed by atoms with Crippen molar-refractivity contribution in [2.45, 2.75) is 12.2 Å². The Morgan fingerprint density at radius 2 is 2.64 bits per heavy atom. The number of ether oxygens (including phenoxy) is 2. The number of hydrogen-bond acceptors (Lipinski definition) is 4. The fraction of sp³-hybridized carbons (Fsp3) is 0.571. The summed E-state index contributed by atoms with van der Waals surface area (Å²) < 4.78 is 9.26. The number of rotatable bonds is 4. The van der Waals surface area contributed by atoms with Gasteiger partial charge in [0.05, 0.1) is 6.61 Å². The zero-order valence-electron chi connectivity index (χ0n) is 6.03. The zero-order valence-corrected chi connectivity index (χ0v) is 6.03. The molecule has 0 radical (unpaired) electrons. The van der Waals surface area contributed by atoms with Crippen LogP contribution in [0.3, 0.4) is 0 Å². The van der Waals surface area contributed by atoms with E-state index in [2.05, 4.69) is 11.3 Å². The van der Waals surface area contributed by atoms with Gasteiger partial charge in [0.25, 0.3) is 0 Å². The number of hydrogen-bond donors (Lipinski definition) is 1. The summed E-state index contributed by atoms with van der Waals surface area (Å²) in [5.74, 6) is -0.646. The second-order valence-corrected chi connectivity index (χ2v) is 2.24. The maximum absolute atomic E-state index is 10.8. The summed E-state index contributed by atoms with van der Waals surface area (Å²) in [6.07, 6.45) is -0.0412. The van der Waals surface area contributed by atoms with E-state index in [-0.39, 0.29) is 12.7 Å². The molecule has 1 heterocycles. The second-order valence-electron chi connectivity index (χ2n) is 2.24. The van der Waals surface area contributed by atoms with E-state index in [1.807, 2.05) is 0 Å². The first kappa shape index (κ1) is 8.23. The lowest BCUT2D eigenvalue weighted by atomic mass is 10.3. The molecule has 0 spiro atoms. The summed E-state index contributed by atoms with van der Waals surface area (Å²) in [5, 5.41) is 9.05. The van der Waals surface area contributed by atoms with Crippen LogP contribution < -0.4 is 0 Å². The third kappa shape index (κ3) is 2.32. The third-order valence-electron chi connectivity index (χ3n) is 1.30. The molecular weight excluding hydrogens is 148 g/mol. The van der Waals surface area contributed by atoms with Crippen molar-refractivity contribution in [3.05, 3.63) is 12.7 Å². The predicted molar refractivity (Wildman–Crippen MR) is 36.9 cm³/mol. The monoisotopic (exact) mass is 158 g/mol. The van der Waals surface area contributed by atoms with E-state index in [0.29, 0.717) is 6.61 Å². The molecule has 1 aliphatic heterocycles.